The molecule has 0 spiro atoms. The lowest BCUT2D eigenvalue weighted by Gasteiger charge is -2.15. The highest BCUT2D eigenvalue weighted by Crippen LogP contribution is 2.36. The fourth-order valence-electron chi connectivity index (χ4n) is 2.37. The summed E-state index contributed by atoms with van der Waals surface area (Å²) < 4.78 is 39.1. The third-order valence-electron chi connectivity index (χ3n) is 3.50. The Kier molecular flexibility index (Phi) is 5.27. The molecular formula is C14H16BrF3N2O. The molecule has 2 N–H and O–H groups in total. The van der Waals surface area contributed by atoms with Gasteiger partial charge in [-0.3, -0.25) is 4.79 Å². The first-order chi connectivity index (χ1) is 9.86. The SMILES string of the molecule is O=C(CCC1CCNC1)Nc1ccc(Br)cc1C(F)(F)F. The van der Waals surface area contributed by atoms with E-state index in [-0.39, 0.29) is 18.0 Å². The van der Waals surface area contributed by atoms with Gasteiger partial charge in [0.05, 0.1) is 11.3 Å². The van der Waals surface area contributed by atoms with Crippen molar-refractivity contribution in [1.82, 2.24) is 5.32 Å². The molecule has 1 fully saturated rings. The minimum atomic E-state index is -4.50. The maximum absolute atomic E-state index is 12.9. The second-order valence-corrected chi connectivity index (χ2v) is 6.05. The molecule has 1 atom stereocenters. The van der Waals surface area contributed by atoms with Crippen LogP contribution in [0.4, 0.5) is 18.9 Å². The molecule has 1 heterocycles. The van der Waals surface area contributed by atoms with Gasteiger partial charge in [-0.15, -0.1) is 0 Å². The minimum absolute atomic E-state index is 0.194. The lowest BCUT2D eigenvalue weighted by Crippen LogP contribution is -2.18. The molecule has 0 bridgehead atoms. The van der Waals surface area contributed by atoms with E-state index in [9.17, 15) is 18.0 Å². The summed E-state index contributed by atoms with van der Waals surface area (Å²) in [4.78, 5) is 11.8. The van der Waals surface area contributed by atoms with Crippen LogP contribution in [-0.2, 0) is 11.0 Å². The molecule has 0 radical (unpaired) electrons. The second-order valence-electron chi connectivity index (χ2n) is 5.13. The van der Waals surface area contributed by atoms with Crippen LogP contribution < -0.4 is 10.6 Å². The molecule has 0 aromatic heterocycles. The topological polar surface area (TPSA) is 41.1 Å². The van der Waals surface area contributed by atoms with Crippen molar-refractivity contribution in [3.05, 3.63) is 28.2 Å². The molecule has 7 heteroatoms. The molecule has 0 aliphatic carbocycles. The predicted octanol–water partition coefficient (Wildman–Crippen LogP) is 3.80. The van der Waals surface area contributed by atoms with Crippen LogP contribution in [0.5, 0.6) is 0 Å². The van der Waals surface area contributed by atoms with Gasteiger partial charge in [0.1, 0.15) is 0 Å². The van der Waals surface area contributed by atoms with Crippen molar-refractivity contribution in [2.45, 2.75) is 25.4 Å². The van der Waals surface area contributed by atoms with Crippen LogP contribution >= 0.6 is 15.9 Å². The number of alkyl halides is 3. The second kappa shape index (κ2) is 6.79. The van der Waals surface area contributed by atoms with Gasteiger partial charge in [0.2, 0.25) is 5.91 Å². The predicted molar refractivity (Wildman–Crippen MR) is 78.0 cm³/mol. The highest BCUT2D eigenvalue weighted by molar-refractivity contribution is 9.10. The number of carbonyl (C=O) groups excluding carboxylic acids is 1. The van der Waals surface area contributed by atoms with Gasteiger partial charge in [-0.2, -0.15) is 13.2 Å². The molecule has 1 aromatic rings. The third-order valence-corrected chi connectivity index (χ3v) is 4.00. The lowest BCUT2D eigenvalue weighted by molar-refractivity contribution is -0.137. The first-order valence-electron chi connectivity index (χ1n) is 6.73. The molecule has 1 aliphatic heterocycles. The standard InChI is InChI=1S/C14H16BrF3N2O/c15-10-2-3-12(11(7-10)14(16,17)18)20-13(21)4-1-9-5-6-19-8-9/h2-3,7,9,19H,1,4-6,8H2,(H,20,21). The van der Waals surface area contributed by atoms with E-state index in [1.807, 2.05) is 0 Å². The van der Waals surface area contributed by atoms with Crippen molar-refractivity contribution >= 4 is 27.5 Å². The number of anilines is 1. The van der Waals surface area contributed by atoms with Crippen LogP contribution in [0.3, 0.4) is 0 Å². The van der Waals surface area contributed by atoms with Crippen LogP contribution in [0.15, 0.2) is 22.7 Å². The number of halogens is 4. The Labute approximate surface area is 129 Å². The highest BCUT2D eigenvalue weighted by Gasteiger charge is 2.34. The fraction of sp³-hybridized carbons (Fsp3) is 0.500. The van der Waals surface area contributed by atoms with Crippen molar-refractivity contribution < 1.29 is 18.0 Å². The summed E-state index contributed by atoms with van der Waals surface area (Å²) in [5.74, 6) is 0.0532. The maximum Gasteiger partial charge on any atom is 0.418 e. The van der Waals surface area contributed by atoms with Gasteiger partial charge < -0.3 is 10.6 Å². The summed E-state index contributed by atoms with van der Waals surface area (Å²) in [5, 5.41) is 5.56. The summed E-state index contributed by atoms with van der Waals surface area (Å²) in [7, 11) is 0. The first-order valence-corrected chi connectivity index (χ1v) is 7.53. The number of nitrogens with one attached hydrogen (secondary N) is 2. The first kappa shape index (κ1) is 16.3. The molecule has 116 valence electrons. The average Bonchev–Trinajstić information content (AvgIpc) is 2.90. The van der Waals surface area contributed by atoms with Gasteiger partial charge in [-0.25, -0.2) is 0 Å². The smallest absolute Gasteiger partial charge is 0.326 e. The van der Waals surface area contributed by atoms with E-state index < -0.39 is 11.7 Å². The van der Waals surface area contributed by atoms with E-state index in [0.717, 1.165) is 25.6 Å². The zero-order valence-corrected chi connectivity index (χ0v) is 12.9. The molecule has 1 aliphatic rings. The number of hydrogen-bond donors (Lipinski definition) is 2. The van der Waals surface area contributed by atoms with E-state index in [2.05, 4.69) is 26.6 Å². The number of carbonyl (C=O) groups is 1. The summed E-state index contributed by atoms with van der Waals surface area (Å²) in [6.45, 7) is 1.82. The van der Waals surface area contributed by atoms with Crippen LogP contribution in [0.25, 0.3) is 0 Å². The molecule has 1 saturated heterocycles. The monoisotopic (exact) mass is 364 g/mol. The van der Waals surface area contributed by atoms with Crippen LogP contribution in [0.2, 0.25) is 0 Å². The Bertz CT molecular complexity index is 513. The van der Waals surface area contributed by atoms with E-state index in [0.29, 0.717) is 16.8 Å². The molecule has 21 heavy (non-hydrogen) atoms. The van der Waals surface area contributed by atoms with E-state index in [1.165, 1.54) is 12.1 Å². The Balaban J connectivity index is 1.99. The molecular weight excluding hydrogens is 349 g/mol. The van der Waals surface area contributed by atoms with Gasteiger partial charge in [0, 0.05) is 10.9 Å². The zero-order valence-electron chi connectivity index (χ0n) is 11.3. The number of rotatable bonds is 4. The van der Waals surface area contributed by atoms with Gasteiger partial charge in [0.25, 0.3) is 0 Å². The van der Waals surface area contributed by atoms with E-state index in [1.54, 1.807) is 0 Å². The van der Waals surface area contributed by atoms with Crippen LogP contribution in [-0.4, -0.2) is 19.0 Å². The fourth-order valence-corrected chi connectivity index (χ4v) is 2.73. The Morgan fingerprint density at radius 2 is 2.19 bits per heavy atom. The normalized spacial score (nSPS) is 18.8. The third kappa shape index (κ3) is 4.71. The Hall–Kier alpha value is -1.08. The molecule has 1 amide bonds. The van der Waals surface area contributed by atoms with E-state index >= 15 is 0 Å². The summed E-state index contributed by atoms with van der Waals surface area (Å²) in [6.07, 6.45) is -2.56. The molecule has 1 unspecified atom stereocenters. The lowest BCUT2D eigenvalue weighted by atomic mass is 10.0. The van der Waals surface area contributed by atoms with Crippen molar-refractivity contribution in [2.24, 2.45) is 5.92 Å². The van der Waals surface area contributed by atoms with Crippen molar-refractivity contribution in [2.75, 3.05) is 18.4 Å². The van der Waals surface area contributed by atoms with Gasteiger partial charge in [-0.05, 0) is 50.0 Å². The highest BCUT2D eigenvalue weighted by atomic mass is 79.9. The van der Waals surface area contributed by atoms with Crippen molar-refractivity contribution in [3.8, 4) is 0 Å². The quantitative estimate of drug-likeness (QED) is 0.853. The maximum atomic E-state index is 12.9. The van der Waals surface area contributed by atoms with Gasteiger partial charge in [0.15, 0.2) is 0 Å². The number of benzene rings is 1. The molecule has 2 rings (SSSR count). The van der Waals surface area contributed by atoms with Gasteiger partial charge in [-0.1, -0.05) is 15.9 Å². The van der Waals surface area contributed by atoms with Crippen LogP contribution in [0, 0.1) is 5.92 Å². The zero-order chi connectivity index (χ0) is 15.5. The van der Waals surface area contributed by atoms with Crippen molar-refractivity contribution in [3.63, 3.8) is 0 Å². The van der Waals surface area contributed by atoms with E-state index in [4.69, 9.17) is 0 Å². The summed E-state index contributed by atoms with van der Waals surface area (Å²) in [5.41, 5.74) is -1.03. The number of amides is 1. The molecule has 3 nitrogen and oxygen atoms in total. The molecule has 1 aromatic carbocycles. The Morgan fingerprint density at radius 1 is 1.43 bits per heavy atom. The minimum Gasteiger partial charge on any atom is -0.326 e. The summed E-state index contributed by atoms with van der Waals surface area (Å²) in [6, 6.07) is 3.71. The molecule has 0 saturated carbocycles. The van der Waals surface area contributed by atoms with Gasteiger partial charge >= 0.3 is 6.18 Å². The summed E-state index contributed by atoms with van der Waals surface area (Å²) >= 11 is 3.01. The number of hydrogen-bond acceptors (Lipinski definition) is 2. The van der Waals surface area contributed by atoms with Crippen molar-refractivity contribution in [1.29, 1.82) is 0 Å². The Morgan fingerprint density at radius 3 is 2.81 bits per heavy atom. The average molecular weight is 365 g/mol. The largest absolute Gasteiger partial charge is 0.418 e. The van der Waals surface area contributed by atoms with Crippen LogP contribution in [0.1, 0.15) is 24.8 Å².